The average Bonchev–Trinajstić information content (AvgIpc) is 2.96. The standard InChI is InChI=1S/C17H13N3O2S/c18-9-8-16-20-14-10-13(6-7-15(14)23-16)19-17(21)22-11-12-4-2-1-3-5-12/h1-7,10H,8,11H2,(H,19,21). The summed E-state index contributed by atoms with van der Waals surface area (Å²) in [5, 5.41) is 12.2. The third-order valence-corrected chi connectivity index (χ3v) is 4.16. The van der Waals surface area contributed by atoms with Crippen LogP contribution in [0.3, 0.4) is 0 Å². The Morgan fingerprint density at radius 1 is 1.26 bits per heavy atom. The number of thiazole rings is 1. The van der Waals surface area contributed by atoms with E-state index in [1.165, 1.54) is 11.3 Å². The second-order valence-corrected chi connectivity index (χ2v) is 5.93. The highest BCUT2D eigenvalue weighted by molar-refractivity contribution is 7.18. The van der Waals surface area contributed by atoms with Gasteiger partial charge in [-0.25, -0.2) is 9.78 Å². The molecule has 0 radical (unpaired) electrons. The molecule has 0 aliphatic rings. The van der Waals surface area contributed by atoms with Gasteiger partial charge < -0.3 is 4.74 Å². The molecule has 0 spiro atoms. The number of nitrogens with one attached hydrogen (secondary N) is 1. The number of hydrogen-bond acceptors (Lipinski definition) is 5. The van der Waals surface area contributed by atoms with E-state index in [0.29, 0.717) is 12.1 Å². The first-order valence-corrected chi connectivity index (χ1v) is 7.80. The van der Waals surface area contributed by atoms with Gasteiger partial charge in [0, 0.05) is 5.69 Å². The minimum absolute atomic E-state index is 0.220. The Kier molecular flexibility index (Phi) is 4.50. The lowest BCUT2D eigenvalue weighted by molar-refractivity contribution is 0.155. The zero-order valence-corrected chi connectivity index (χ0v) is 13.0. The molecule has 23 heavy (non-hydrogen) atoms. The van der Waals surface area contributed by atoms with Crippen molar-refractivity contribution < 1.29 is 9.53 Å². The molecule has 1 heterocycles. The number of hydrogen-bond donors (Lipinski definition) is 1. The van der Waals surface area contributed by atoms with Crippen molar-refractivity contribution >= 4 is 33.3 Å². The van der Waals surface area contributed by atoms with E-state index >= 15 is 0 Å². The maximum Gasteiger partial charge on any atom is 0.411 e. The van der Waals surface area contributed by atoms with Gasteiger partial charge in [0.05, 0.1) is 22.7 Å². The number of benzene rings is 2. The topological polar surface area (TPSA) is 75.0 Å². The van der Waals surface area contributed by atoms with E-state index in [-0.39, 0.29) is 6.61 Å². The van der Waals surface area contributed by atoms with Crippen molar-refractivity contribution in [3.05, 3.63) is 59.1 Å². The van der Waals surface area contributed by atoms with E-state index in [4.69, 9.17) is 10.00 Å². The third kappa shape index (κ3) is 3.84. The summed E-state index contributed by atoms with van der Waals surface area (Å²) in [6.07, 6.45) is -0.220. The van der Waals surface area contributed by atoms with Gasteiger partial charge in [0.1, 0.15) is 11.6 Å². The Morgan fingerprint density at radius 2 is 2.09 bits per heavy atom. The lowest BCUT2D eigenvalue weighted by Gasteiger charge is -2.07. The fraction of sp³-hybridized carbons (Fsp3) is 0.118. The van der Waals surface area contributed by atoms with Gasteiger partial charge in [0.2, 0.25) is 0 Å². The molecule has 0 unspecified atom stereocenters. The Morgan fingerprint density at radius 3 is 2.87 bits per heavy atom. The highest BCUT2D eigenvalue weighted by Gasteiger charge is 2.07. The van der Waals surface area contributed by atoms with Crippen molar-refractivity contribution in [2.75, 3.05) is 5.32 Å². The van der Waals surface area contributed by atoms with E-state index in [0.717, 1.165) is 20.8 Å². The van der Waals surface area contributed by atoms with Crippen LogP contribution in [-0.2, 0) is 17.8 Å². The number of ether oxygens (including phenoxy) is 1. The van der Waals surface area contributed by atoms with Gasteiger partial charge in [-0.15, -0.1) is 11.3 Å². The van der Waals surface area contributed by atoms with Crippen molar-refractivity contribution in [1.82, 2.24) is 4.98 Å². The maximum atomic E-state index is 11.8. The molecule has 114 valence electrons. The third-order valence-electron chi connectivity index (χ3n) is 3.12. The first-order chi connectivity index (χ1) is 11.2. The molecule has 0 aliphatic heterocycles. The molecule has 3 aromatic rings. The number of amides is 1. The number of nitrogens with zero attached hydrogens (tertiary/aromatic N) is 2. The predicted octanol–water partition coefficient (Wildman–Crippen LogP) is 4.11. The largest absolute Gasteiger partial charge is 0.444 e. The lowest BCUT2D eigenvalue weighted by Crippen LogP contribution is -2.13. The predicted molar refractivity (Wildman–Crippen MR) is 89.2 cm³/mol. The van der Waals surface area contributed by atoms with E-state index in [9.17, 15) is 4.79 Å². The van der Waals surface area contributed by atoms with Crippen LogP contribution in [0.15, 0.2) is 48.5 Å². The van der Waals surface area contributed by atoms with Gasteiger partial charge in [-0.05, 0) is 23.8 Å². The molecule has 3 rings (SSSR count). The summed E-state index contributed by atoms with van der Waals surface area (Å²) in [7, 11) is 0. The summed E-state index contributed by atoms with van der Waals surface area (Å²) in [4.78, 5) is 16.2. The van der Waals surface area contributed by atoms with Crippen LogP contribution in [0.25, 0.3) is 10.2 Å². The molecule has 0 fully saturated rings. The zero-order chi connectivity index (χ0) is 16.1. The van der Waals surface area contributed by atoms with Gasteiger partial charge in [0.25, 0.3) is 0 Å². The molecule has 1 aromatic heterocycles. The first kappa shape index (κ1) is 15.0. The molecule has 0 aliphatic carbocycles. The summed E-state index contributed by atoms with van der Waals surface area (Å²) in [6.45, 7) is 0.220. The summed E-state index contributed by atoms with van der Waals surface area (Å²) < 4.78 is 6.16. The van der Waals surface area contributed by atoms with Crippen LogP contribution in [0.2, 0.25) is 0 Å². The number of rotatable bonds is 4. The van der Waals surface area contributed by atoms with E-state index in [1.807, 2.05) is 36.4 Å². The van der Waals surface area contributed by atoms with Crippen molar-refractivity contribution in [2.24, 2.45) is 0 Å². The minimum Gasteiger partial charge on any atom is -0.444 e. The lowest BCUT2D eigenvalue weighted by atomic mass is 10.2. The molecule has 6 heteroatoms. The van der Waals surface area contributed by atoms with Gasteiger partial charge in [-0.1, -0.05) is 30.3 Å². The Bertz CT molecular complexity index is 868. The molecule has 2 aromatic carbocycles. The summed E-state index contributed by atoms with van der Waals surface area (Å²) in [5.74, 6) is 0. The number of anilines is 1. The number of fused-ring (bicyclic) bond motifs is 1. The fourth-order valence-corrected chi connectivity index (χ4v) is 2.95. The first-order valence-electron chi connectivity index (χ1n) is 6.99. The summed E-state index contributed by atoms with van der Waals surface area (Å²) >= 11 is 1.48. The molecular weight excluding hydrogens is 310 g/mol. The van der Waals surface area contributed by atoms with Crippen LogP contribution in [0.5, 0.6) is 0 Å². The molecule has 0 saturated heterocycles. The molecular formula is C17H13N3O2S. The number of nitriles is 1. The normalized spacial score (nSPS) is 10.2. The van der Waals surface area contributed by atoms with E-state index in [2.05, 4.69) is 16.4 Å². The van der Waals surface area contributed by atoms with E-state index in [1.54, 1.807) is 12.1 Å². The Labute approximate surface area is 137 Å². The second-order valence-electron chi connectivity index (χ2n) is 4.81. The van der Waals surface area contributed by atoms with Crippen LogP contribution < -0.4 is 5.32 Å². The number of carbonyl (C=O) groups excluding carboxylic acids is 1. The monoisotopic (exact) mass is 323 g/mol. The average molecular weight is 323 g/mol. The molecule has 1 amide bonds. The quantitative estimate of drug-likeness (QED) is 0.784. The molecule has 0 saturated carbocycles. The van der Waals surface area contributed by atoms with Gasteiger partial charge in [-0.2, -0.15) is 5.26 Å². The van der Waals surface area contributed by atoms with Crippen LogP contribution in [-0.4, -0.2) is 11.1 Å². The Balaban J connectivity index is 1.64. The second kappa shape index (κ2) is 6.90. The molecule has 0 bridgehead atoms. The van der Waals surface area contributed by atoms with Crippen molar-refractivity contribution in [3.8, 4) is 6.07 Å². The Hall–Kier alpha value is -2.91. The van der Waals surface area contributed by atoms with Crippen LogP contribution >= 0.6 is 11.3 Å². The zero-order valence-electron chi connectivity index (χ0n) is 12.2. The van der Waals surface area contributed by atoms with Crippen LogP contribution in [0.1, 0.15) is 10.6 Å². The van der Waals surface area contributed by atoms with Crippen LogP contribution in [0.4, 0.5) is 10.5 Å². The SMILES string of the molecule is N#CCc1nc2cc(NC(=O)OCc3ccccc3)ccc2s1. The molecule has 5 nitrogen and oxygen atoms in total. The van der Waals surface area contributed by atoms with Crippen LogP contribution in [0, 0.1) is 11.3 Å². The van der Waals surface area contributed by atoms with Crippen molar-refractivity contribution in [2.45, 2.75) is 13.0 Å². The van der Waals surface area contributed by atoms with Gasteiger partial charge in [-0.3, -0.25) is 5.32 Å². The number of carbonyl (C=O) groups is 1. The highest BCUT2D eigenvalue weighted by atomic mass is 32.1. The smallest absolute Gasteiger partial charge is 0.411 e. The fourth-order valence-electron chi connectivity index (χ4n) is 2.07. The van der Waals surface area contributed by atoms with Crippen molar-refractivity contribution in [3.63, 3.8) is 0 Å². The molecule has 0 atom stereocenters. The highest BCUT2D eigenvalue weighted by Crippen LogP contribution is 2.25. The summed E-state index contributed by atoms with van der Waals surface area (Å²) in [6, 6.07) is 17.0. The van der Waals surface area contributed by atoms with Gasteiger partial charge >= 0.3 is 6.09 Å². The summed E-state index contributed by atoms with van der Waals surface area (Å²) in [5.41, 5.74) is 2.31. The van der Waals surface area contributed by atoms with Gasteiger partial charge in [0.15, 0.2) is 0 Å². The van der Waals surface area contributed by atoms with E-state index < -0.39 is 6.09 Å². The minimum atomic E-state index is -0.513. The molecule has 1 N–H and O–H groups in total. The van der Waals surface area contributed by atoms with Crippen molar-refractivity contribution in [1.29, 1.82) is 5.26 Å². The number of aromatic nitrogens is 1. The maximum absolute atomic E-state index is 11.8.